The van der Waals surface area contributed by atoms with Crippen LogP contribution < -0.4 is 5.32 Å². The first kappa shape index (κ1) is 14.9. The highest BCUT2D eigenvalue weighted by molar-refractivity contribution is 8.00. The van der Waals surface area contributed by atoms with Gasteiger partial charge in [-0.3, -0.25) is 4.79 Å². The summed E-state index contributed by atoms with van der Waals surface area (Å²) in [5.74, 6) is -0.0324. The van der Waals surface area contributed by atoms with E-state index in [1.807, 2.05) is 12.1 Å². The molecule has 0 saturated heterocycles. The smallest absolute Gasteiger partial charge is 0.230 e. The van der Waals surface area contributed by atoms with Gasteiger partial charge in [0, 0.05) is 16.5 Å². The highest BCUT2D eigenvalue weighted by Crippen LogP contribution is 2.17. The maximum atomic E-state index is 12.7. The van der Waals surface area contributed by atoms with E-state index >= 15 is 0 Å². The van der Waals surface area contributed by atoms with Crippen molar-refractivity contribution in [2.75, 3.05) is 5.75 Å². The minimum absolute atomic E-state index is 0.0609. The summed E-state index contributed by atoms with van der Waals surface area (Å²) in [6, 6.07) is 13.4. The van der Waals surface area contributed by atoms with E-state index in [-0.39, 0.29) is 11.7 Å². The number of hydrogen-bond donors (Lipinski definition) is 1. The second kappa shape index (κ2) is 7.31. The molecule has 0 bridgehead atoms. The van der Waals surface area contributed by atoms with E-state index < -0.39 is 0 Å². The highest BCUT2D eigenvalue weighted by Gasteiger charge is 2.03. The molecule has 0 aliphatic rings. The van der Waals surface area contributed by atoms with Crippen LogP contribution in [0, 0.1) is 5.82 Å². The van der Waals surface area contributed by atoms with Crippen LogP contribution in [0.2, 0.25) is 5.02 Å². The van der Waals surface area contributed by atoms with Gasteiger partial charge >= 0.3 is 0 Å². The fraction of sp³-hybridized carbons (Fsp3) is 0.133. The summed E-state index contributed by atoms with van der Waals surface area (Å²) < 4.78 is 12.7. The first-order valence-electron chi connectivity index (χ1n) is 6.03. The molecular formula is C15H13ClFNOS. The summed E-state index contributed by atoms with van der Waals surface area (Å²) in [6.07, 6.45) is 0. The van der Waals surface area contributed by atoms with Crippen molar-refractivity contribution in [1.82, 2.24) is 5.32 Å². The largest absolute Gasteiger partial charge is 0.351 e. The lowest BCUT2D eigenvalue weighted by atomic mass is 10.2. The van der Waals surface area contributed by atoms with Crippen molar-refractivity contribution < 1.29 is 9.18 Å². The van der Waals surface area contributed by atoms with E-state index in [4.69, 9.17) is 11.6 Å². The molecule has 0 fully saturated rings. The van der Waals surface area contributed by atoms with Crippen LogP contribution in [0.4, 0.5) is 4.39 Å². The van der Waals surface area contributed by atoms with Crippen LogP contribution in [0.3, 0.4) is 0 Å². The summed E-state index contributed by atoms with van der Waals surface area (Å²) in [5, 5.41) is 3.50. The van der Waals surface area contributed by atoms with Gasteiger partial charge in [0.05, 0.1) is 5.75 Å². The fourth-order valence-corrected chi connectivity index (χ4v) is 2.39. The second-order valence-electron chi connectivity index (χ2n) is 4.15. The van der Waals surface area contributed by atoms with E-state index in [0.717, 1.165) is 10.5 Å². The number of carbonyl (C=O) groups excluding carboxylic acids is 1. The van der Waals surface area contributed by atoms with Crippen LogP contribution >= 0.6 is 23.4 Å². The third-order valence-electron chi connectivity index (χ3n) is 2.59. The molecule has 0 spiro atoms. The maximum Gasteiger partial charge on any atom is 0.230 e. The van der Waals surface area contributed by atoms with Crippen molar-refractivity contribution >= 4 is 29.3 Å². The number of rotatable bonds is 5. The lowest BCUT2D eigenvalue weighted by molar-refractivity contribution is -0.118. The van der Waals surface area contributed by atoms with Gasteiger partial charge in [-0.15, -0.1) is 11.8 Å². The van der Waals surface area contributed by atoms with Gasteiger partial charge in [0.2, 0.25) is 5.91 Å². The molecule has 0 aliphatic carbocycles. The van der Waals surface area contributed by atoms with E-state index in [1.165, 1.54) is 23.9 Å². The van der Waals surface area contributed by atoms with E-state index in [0.29, 0.717) is 17.3 Å². The molecule has 0 atom stereocenters. The quantitative estimate of drug-likeness (QED) is 0.849. The normalized spacial score (nSPS) is 10.3. The van der Waals surface area contributed by atoms with Crippen LogP contribution in [0.1, 0.15) is 5.56 Å². The Hall–Kier alpha value is -1.52. The Bertz CT molecular complexity index is 520. The molecule has 2 aromatic rings. The zero-order chi connectivity index (χ0) is 14.4. The molecule has 2 nitrogen and oxygen atoms in total. The van der Waals surface area contributed by atoms with Crippen molar-refractivity contribution in [1.29, 1.82) is 0 Å². The summed E-state index contributed by atoms with van der Waals surface area (Å²) in [5.41, 5.74) is 0.995. The molecule has 0 heterocycles. The molecule has 0 aliphatic heterocycles. The minimum Gasteiger partial charge on any atom is -0.351 e. The zero-order valence-corrected chi connectivity index (χ0v) is 12.2. The SMILES string of the molecule is O=C(CSc1ccc(F)cc1)NCc1ccc(Cl)cc1. The second-order valence-corrected chi connectivity index (χ2v) is 5.63. The summed E-state index contributed by atoms with van der Waals surface area (Å²) in [6.45, 7) is 0.472. The lowest BCUT2D eigenvalue weighted by Gasteiger charge is -2.05. The molecule has 0 unspecified atom stereocenters. The van der Waals surface area contributed by atoms with Gasteiger partial charge < -0.3 is 5.32 Å². The minimum atomic E-state index is -0.276. The number of nitrogens with one attached hydrogen (secondary N) is 1. The average molecular weight is 310 g/mol. The molecule has 104 valence electrons. The molecular weight excluding hydrogens is 297 g/mol. The molecule has 0 aromatic heterocycles. The summed E-state index contributed by atoms with van der Waals surface area (Å²) in [7, 11) is 0. The van der Waals surface area contributed by atoms with Gasteiger partial charge in [-0.1, -0.05) is 23.7 Å². The first-order chi connectivity index (χ1) is 9.63. The van der Waals surface area contributed by atoms with E-state index in [1.54, 1.807) is 24.3 Å². The Balaban J connectivity index is 1.75. The molecule has 2 rings (SSSR count). The molecule has 1 amide bonds. The van der Waals surface area contributed by atoms with Crippen LogP contribution in [-0.4, -0.2) is 11.7 Å². The van der Waals surface area contributed by atoms with Gasteiger partial charge in [0.25, 0.3) is 0 Å². The Kier molecular flexibility index (Phi) is 5.44. The van der Waals surface area contributed by atoms with Crippen molar-refractivity contribution in [3.8, 4) is 0 Å². The van der Waals surface area contributed by atoms with Crippen molar-refractivity contribution in [2.24, 2.45) is 0 Å². The van der Waals surface area contributed by atoms with Crippen LogP contribution in [-0.2, 0) is 11.3 Å². The molecule has 20 heavy (non-hydrogen) atoms. The third kappa shape index (κ3) is 4.87. The van der Waals surface area contributed by atoms with Gasteiger partial charge in [-0.2, -0.15) is 0 Å². The maximum absolute atomic E-state index is 12.7. The molecule has 0 saturated carbocycles. The molecule has 0 radical (unpaired) electrons. The zero-order valence-electron chi connectivity index (χ0n) is 10.6. The number of thioether (sulfide) groups is 1. The number of hydrogen-bond acceptors (Lipinski definition) is 2. The number of benzene rings is 2. The summed E-state index contributed by atoms with van der Waals surface area (Å²) in [4.78, 5) is 12.6. The Morgan fingerprint density at radius 2 is 1.75 bits per heavy atom. The predicted octanol–water partition coefficient (Wildman–Crippen LogP) is 3.89. The molecule has 5 heteroatoms. The third-order valence-corrected chi connectivity index (χ3v) is 3.85. The Labute approximate surface area is 126 Å². The van der Waals surface area contributed by atoms with Gasteiger partial charge in [-0.05, 0) is 42.0 Å². The van der Waals surface area contributed by atoms with Crippen LogP contribution in [0.15, 0.2) is 53.4 Å². The molecule has 2 aromatic carbocycles. The van der Waals surface area contributed by atoms with E-state index in [2.05, 4.69) is 5.32 Å². The van der Waals surface area contributed by atoms with Crippen LogP contribution in [0.25, 0.3) is 0 Å². The van der Waals surface area contributed by atoms with E-state index in [9.17, 15) is 9.18 Å². The first-order valence-corrected chi connectivity index (χ1v) is 7.39. The Morgan fingerprint density at radius 1 is 1.10 bits per heavy atom. The highest BCUT2D eigenvalue weighted by atomic mass is 35.5. The van der Waals surface area contributed by atoms with Crippen molar-refractivity contribution in [3.63, 3.8) is 0 Å². The number of amides is 1. The number of halogens is 2. The molecule has 1 N–H and O–H groups in total. The average Bonchev–Trinajstić information content (AvgIpc) is 2.46. The van der Waals surface area contributed by atoms with Gasteiger partial charge in [0.15, 0.2) is 0 Å². The van der Waals surface area contributed by atoms with Gasteiger partial charge in [0.1, 0.15) is 5.82 Å². The lowest BCUT2D eigenvalue weighted by Crippen LogP contribution is -2.24. The van der Waals surface area contributed by atoms with Gasteiger partial charge in [-0.25, -0.2) is 4.39 Å². The van der Waals surface area contributed by atoms with Crippen molar-refractivity contribution in [2.45, 2.75) is 11.4 Å². The number of carbonyl (C=O) groups is 1. The standard InChI is InChI=1S/C15H13ClFNOS/c16-12-3-1-11(2-4-12)9-18-15(19)10-20-14-7-5-13(17)6-8-14/h1-8H,9-10H2,(H,18,19). The Morgan fingerprint density at radius 3 is 2.40 bits per heavy atom. The topological polar surface area (TPSA) is 29.1 Å². The van der Waals surface area contributed by atoms with Crippen molar-refractivity contribution in [3.05, 3.63) is 64.9 Å². The van der Waals surface area contributed by atoms with Crippen LogP contribution in [0.5, 0.6) is 0 Å². The summed E-state index contributed by atoms with van der Waals surface area (Å²) >= 11 is 7.16. The fourth-order valence-electron chi connectivity index (χ4n) is 1.53. The predicted molar refractivity (Wildman–Crippen MR) is 80.4 cm³/mol. The monoisotopic (exact) mass is 309 g/mol.